The molecule has 0 aliphatic heterocycles. The lowest BCUT2D eigenvalue weighted by atomic mass is 10.2. The number of hydrogen-bond acceptors (Lipinski definition) is 4. The number of furan rings is 1. The minimum Gasteiger partial charge on any atom is -0.497 e. The van der Waals surface area contributed by atoms with Gasteiger partial charge in [0, 0.05) is 18.2 Å². The van der Waals surface area contributed by atoms with E-state index in [0.29, 0.717) is 19.3 Å². The maximum absolute atomic E-state index is 5.73. The molecule has 0 atom stereocenters. The minimum atomic E-state index is 0.449. The van der Waals surface area contributed by atoms with Crippen LogP contribution in [-0.2, 0) is 24.5 Å². The lowest BCUT2D eigenvalue weighted by Gasteiger charge is -2.09. The third-order valence-electron chi connectivity index (χ3n) is 3.17. The highest BCUT2D eigenvalue weighted by molar-refractivity contribution is 5.27. The standard InChI is InChI=1S/C17H23NO3/c1-13(2)18-10-15-7-8-21-17(15)12-20-11-14-5-4-6-16(9-14)19-3/h4-9,13,18H,10-12H2,1-3H3. The van der Waals surface area contributed by atoms with Gasteiger partial charge in [-0.2, -0.15) is 0 Å². The number of methoxy groups -OCH3 is 1. The van der Waals surface area contributed by atoms with Gasteiger partial charge >= 0.3 is 0 Å². The molecule has 0 bridgehead atoms. The van der Waals surface area contributed by atoms with Crippen molar-refractivity contribution < 1.29 is 13.9 Å². The van der Waals surface area contributed by atoms with E-state index in [-0.39, 0.29) is 0 Å². The summed E-state index contributed by atoms with van der Waals surface area (Å²) in [7, 11) is 1.66. The van der Waals surface area contributed by atoms with Crippen LogP contribution in [0.1, 0.15) is 30.7 Å². The van der Waals surface area contributed by atoms with Crippen LogP contribution in [0.3, 0.4) is 0 Å². The first-order valence-corrected chi connectivity index (χ1v) is 7.18. The van der Waals surface area contributed by atoms with Crippen LogP contribution in [0.15, 0.2) is 41.0 Å². The Kier molecular flexibility index (Phi) is 5.84. The molecule has 0 radical (unpaired) electrons. The highest BCUT2D eigenvalue weighted by Crippen LogP contribution is 2.16. The molecule has 0 amide bonds. The van der Waals surface area contributed by atoms with Gasteiger partial charge in [-0.05, 0) is 23.8 Å². The van der Waals surface area contributed by atoms with E-state index in [2.05, 4.69) is 19.2 Å². The summed E-state index contributed by atoms with van der Waals surface area (Å²) in [6, 6.07) is 10.3. The van der Waals surface area contributed by atoms with Crippen molar-refractivity contribution in [2.24, 2.45) is 0 Å². The average molecular weight is 289 g/mol. The molecule has 0 unspecified atom stereocenters. The van der Waals surface area contributed by atoms with Crippen molar-refractivity contribution in [2.45, 2.75) is 39.6 Å². The van der Waals surface area contributed by atoms with Crippen LogP contribution in [-0.4, -0.2) is 13.2 Å². The number of nitrogens with one attached hydrogen (secondary N) is 1. The van der Waals surface area contributed by atoms with Crippen LogP contribution >= 0.6 is 0 Å². The van der Waals surface area contributed by atoms with Crippen molar-refractivity contribution in [1.82, 2.24) is 5.32 Å². The Hall–Kier alpha value is -1.78. The summed E-state index contributed by atoms with van der Waals surface area (Å²) in [4.78, 5) is 0. The predicted octanol–water partition coefficient (Wildman–Crippen LogP) is 3.50. The smallest absolute Gasteiger partial charge is 0.133 e. The van der Waals surface area contributed by atoms with E-state index < -0.39 is 0 Å². The normalized spacial score (nSPS) is 11.0. The fraction of sp³-hybridized carbons (Fsp3) is 0.412. The number of ether oxygens (including phenoxy) is 2. The van der Waals surface area contributed by atoms with E-state index in [0.717, 1.165) is 29.2 Å². The first-order chi connectivity index (χ1) is 10.2. The molecule has 0 aliphatic carbocycles. The maximum Gasteiger partial charge on any atom is 0.133 e. The summed E-state index contributed by atoms with van der Waals surface area (Å²) in [6.45, 7) is 6.05. The Morgan fingerprint density at radius 2 is 2.05 bits per heavy atom. The molecule has 4 nitrogen and oxygen atoms in total. The summed E-state index contributed by atoms with van der Waals surface area (Å²) in [5.41, 5.74) is 2.23. The van der Waals surface area contributed by atoms with Gasteiger partial charge in [-0.3, -0.25) is 0 Å². The zero-order chi connectivity index (χ0) is 15.1. The molecule has 0 fully saturated rings. The summed E-state index contributed by atoms with van der Waals surface area (Å²) in [6.07, 6.45) is 1.71. The van der Waals surface area contributed by atoms with Crippen molar-refractivity contribution in [1.29, 1.82) is 0 Å². The van der Waals surface area contributed by atoms with Crippen LogP contribution in [0.4, 0.5) is 0 Å². The van der Waals surface area contributed by atoms with E-state index in [1.165, 1.54) is 0 Å². The summed E-state index contributed by atoms with van der Waals surface area (Å²) in [5, 5.41) is 3.38. The fourth-order valence-electron chi connectivity index (χ4n) is 1.99. The second kappa shape index (κ2) is 7.86. The molecule has 0 spiro atoms. The van der Waals surface area contributed by atoms with Crippen LogP contribution in [0.2, 0.25) is 0 Å². The molecule has 21 heavy (non-hydrogen) atoms. The second-order valence-electron chi connectivity index (χ2n) is 5.25. The molecule has 0 aliphatic rings. The average Bonchev–Trinajstić information content (AvgIpc) is 2.93. The van der Waals surface area contributed by atoms with Gasteiger partial charge in [0.25, 0.3) is 0 Å². The molecule has 1 aromatic carbocycles. The van der Waals surface area contributed by atoms with E-state index >= 15 is 0 Å². The Morgan fingerprint density at radius 3 is 2.81 bits per heavy atom. The first kappa shape index (κ1) is 15.6. The van der Waals surface area contributed by atoms with Crippen molar-refractivity contribution in [3.05, 3.63) is 53.5 Å². The Morgan fingerprint density at radius 1 is 1.19 bits per heavy atom. The molecular weight excluding hydrogens is 266 g/mol. The van der Waals surface area contributed by atoms with Crippen LogP contribution in [0.5, 0.6) is 5.75 Å². The van der Waals surface area contributed by atoms with E-state index in [1.54, 1.807) is 13.4 Å². The van der Waals surface area contributed by atoms with Crippen LogP contribution < -0.4 is 10.1 Å². The molecule has 1 aromatic heterocycles. The summed E-state index contributed by atoms with van der Waals surface area (Å²) < 4.78 is 16.4. The molecule has 4 heteroatoms. The SMILES string of the molecule is COc1cccc(COCc2occc2CNC(C)C)c1. The summed E-state index contributed by atoms with van der Waals surface area (Å²) in [5.74, 6) is 1.72. The topological polar surface area (TPSA) is 43.6 Å². The van der Waals surface area contributed by atoms with Gasteiger partial charge in [0.1, 0.15) is 18.1 Å². The minimum absolute atomic E-state index is 0.449. The van der Waals surface area contributed by atoms with Gasteiger partial charge in [-0.25, -0.2) is 0 Å². The van der Waals surface area contributed by atoms with Crippen molar-refractivity contribution >= 4 is 0 Å². The van der Waals surface area contributed by atoms with Crippen molar-refractivity contribution in [2.75, 3.05) is 7.11 Å². The van der Waals surface area contributed by atoms with E-state index in [9.17, 15) is 0 Å². The molecule has 2 rings (SSSR count). The van der Waals surface area contributed by atoms with Crippen molar-refractivity contribution in [3.8, 4) is 5.75 Å². The Bertz CT molecular complexity index is 548. The lowest BCUT2D eigenvalue weighted by Crippen LogP contribution is -2.22. The highest BCUT2D eigenvalue weighted by atomic mass is 16.5. The van der Waals surface area contributed by atoms with Gasteiger partial charge < -0.3 is 19.2 Å². The molecule has 0 saturated carbocycles. The van der Waals surface area contributed by atoms with Gasteiger partial charge in [0.05, 0.1) is 20.0 Å². The molecule has 0 saturated heterocycles. The number of hydrogen-bond donors (Lipinski definition) is 1. The van der Waals surface area contributed by atoms with E-state index in [1.807, 2.05) is 30.3 Å². The van der Waals surface area contributed by atoms with Crippen LogP contribution in [0, 0.1) is 0 Å². The zero-order valence-corrected chi connectivity index (χ0v) is 12.9. The fourth-order valence-corrected chi connectivity index (χ4v) is 1.99. The Balaban J connectivity index is 1.84. The van der Waals surface area contributed by atoms with Crippen molar-refractivity contribution in [3.63, 3.8) is 0 Å². The van der Waals surface area contributed by atoms with Gasteiger partial charge in [-0.1, -0.05) is 26.0 Å². The number of benzene rings is 1. The van der Waals surface area contributed by atoms with E-state index in [4.69, 9.17) is 13.9 Å². The first-order valence-electron chi connectivity index (χ1n) is 7.18. The molecule has 1 heterocycles. The van der Waals surface area contributed by atoms with Crippen LogP contribution in [0.25, 0.3) is 0 Å². The molecular formula is C17H23NO3. The largest absolute Gasteiger partial charge is 0.497 e. The lowest BCUT2D eigenvalue weighted by molar-refractivity contribution is 0.0919. The maximum atomic E-state index is 5.73. The highest BCUT2D eigenvalue weighted by Gasteiger charge is 2.07. The molecule has 2 aromatic rings. The molecule has 1 N–H and O–H groups in total. The number of rotatable bonds is 8. The monoisotopic (exact) mass is 289 g/mol. The Labute approximate surface area is 126 Å². The third-order valence-corrected chi connectivity index (χ3v) is 3.17. The molecule has 114 valence electrons. The quantitative estimate of drug-likeness (QED) is 0.807. The summed E-state index contributed by atoms with van der Waals surface area (Å²) >= 11 is 0. The third kappa shape index (κ3) is 4.92. The zero-order valence-electron chi connectivity index (χ0n) is 12.9. The predicted molar refractivity (Wildman–Crippen MR) is 82.2 cm³/mol. The van der Waals surface area contributed by atoms with Gasteiger partial charge in [-0.15, -0.1) is 0 Å². The second-order valence-corrected chi connectivity index (χ2v) is 5.25. The van der Waals surface area contributed by atoms with Gasteiger partial charge in [0.15, 0.2) is 0 Å². The van der Waals surface area contributed by atoms with Gasteiger partial charge in [0.2, 0.25) is 0 Å².